The maximum Gasteiger partial charge on any atom is 0.254 e. The molecule has 0 bridgehead atoms. The van der Waals surface area contributed by atoms with Gasteiger partial charge in [-0.1, -0.05) is 127 Å². The molecule has 1 aliphatic carbocycles. The predicted molar refractivity (Wildman–Crippen MR) is 157 cm³/mol. The quantitative estimate of drug-likeness (QED) is 0.256. The Labute approximate surface area is 225 Å². The Morgan fingerprint density at radius 2 is 1.30 bits per heavy atom. The molecule has 2 heteroatoms. The maximum atomic E-state index is 12.2. The fourth-order valence-corrected chi connectivity index (χ4v) is 6.67. The van der Waals surface area contributed by atoms with Gasteiger partial charge in [0.1, 0.15) is 0 Å². The van der Waals surface area contributed by atoms with Gasteiger partial charge < -0.3 is 4.90 Å². The van der Waals surface area contributed by atoms with E-state index in [2.05, 4.69) is 82.3 Å². The van der Waals surface area contributed by atoms with Gasteiger partial charge in [-0.3, -0.25) is 4.79 Å². The van der Waals surface area contributed by atoms with Gasteiger partial charge in [0.2, 0.25) is 0 Å². The smallest absolute Gasteiger partial charge is 0.254 e. The molecule has 0 N–H and O–H groups in total. The first kappa shape index (κ1) is 27.2. The molecule has 3 aromatic carbocycles. The Hall–Kier alpha value is -2.87. The molecule has 1 aliphatic heterocycles. The normalized spacial score (nSPS) is 15.5. The van der Waals surface area contributed by atoms with E-state index in [4.69, 9.17) is 0 Å². The first-order chi connectivity index (χ1) is 18.1. The lowest BCUT2D eigenvalue weighted by Crippen LogP contribution is -2.34. The average molecular weight is 496 g/mol. The molecule has 0 saturated carbocycles. The number of fused-ring (bicyclic) bond motifs is 4. The van der Waals surface area contributed by atoms with E-state index in [9.17, 15) is 4.79 Å². The van der Waals surface area contributed by atoms with Crippen molar-refractivity contribution >= 4 is 5.91 Å². The largest absolute Gasteiger partial charge is 0.331 e. The molecule has 2 nitrogen and oxygen atoms in total. The summed E-state index contributed by atoms with van der Waals surface area (Å²) in [5.41, 5.74) is 8.43. The number of nitrogens with zero attached hydrogens (tertiary/aromatic N) is 1. The number of hydrogen-bond acceptors (Lipinski definition) is 1. The number of hydrogen-bond donors (Lipinski definition) is 0. The van der Waals surface area contributed by atoms with E-state index in [1.807, 2.05) is 23.1 Å². The van der Waals surface area contributed by atoms with Gasteiger partial charge in [-0.05, 0) is 59.6 Å². The highest BCUT2D eigenvalue weighted by Gasteiger charge is 2.41. The Bertz CT molecular complexity index is 1130. The fourth-order valence-electron chi connectivity index (χ4n) is 6.67. The number of rotatable bonds is 10. The van der Waals surface area contributed by atoms with Crippen molar-refractivity contribution in [2.24, 2.45) is 0 Å². The standard InChI is InChI=1S/C21H26.C14H19NO/c1-3-5-10-16-21(15-4-2)19-13-8-6-11-17(19)18-12-7-9-14-20(18)21;1-3-7-12(4-2)15-10-11-8-5-6-9-13(11)14(15)16/h6-9,11-14H,3-5,10,15-16H2,1-2H3;5-6,8-9,12H,3-4,7,10H2,1-2H3. The lowest BCUT2D eigenvalue weighted by molar-refractivity contribution is 0.0687. The molecular weight excluding hydrogens is 450 g/mol. The van der Waals surface area contributed by atoms with Crippen molar-refractivity contribution in [1.82, 2.24) is 4.90 Å². The average Bonchev–Trinajstić information content (AvgIpc) is 3.41. The molecule has 1 amide bonds. The Morgan fingerprint density at radius 1 is 0.703 bits per heavy atom. The highest BCUT2D eigenvalue weighted by Crippen LogP contribution is 2.53. The SMILES string of the molecule is CCCC(CC)N1Cc2ccccc2C1=O.CCCCCC1(CCC)c2ccccc2-c2ccccc21. The minimum Gasteiger partial charge on any atom is -0.331 e. The number of amides is 1. The molecule has 5 rings (SSSR count). The van der Waals surface area contributed by atoms with E-state index in [1.54, 1.807) is 11.1 Å². The molecule has 0 spiro atoms. The van der Waals surface area contributed by atoms with Crippen molar-refractivity contribution in [3.8, 4) is 11.1 Å². The van der Waals surface area contributed by atoms with Crippen LogP contribution in [-0.2, 0) is 12.0 Å². The van der Waals surface area contributed by atoms with Gasteiger partial charge in [0.15, 0.2) is 0 Å². The van der Waals surface area contributed by atoms with Gasteiger partial charge in [-0.25, -0.2) is 0 Å². The van der Waals surface area contributed by atoms with Crippen LogP contribution in [-0.4, -0.2) is 16.8 Å². The summed E-state index contributed by atoms with van der Waals surface area (Å²) in [4.78, 5) is 14.2. The van der Waals surface area contributed by atoms with Crippen LogP contribution >= 0.6 is 0 Å². The number of benzene rings is 3. The molecule has 2 aliphatic rings. The van der Waals surface area contributed by atoms with Crippen molar-refractivity contribution in [3.05, 3.63) is 95.1 Å². The summed E-state index contributed by atoms with van der Waals surface area (Å²) in [6.45, 7) is 9.76. The van der Waals surface area contributed by atoms with Crippen LogP contribution in [0.25, 0.3) is 11.1 Å². The predicted octanol–water partition coefficient (Wildman–Crippen LogP) is 9.55. The second-order valence-corrected chi connectivity index (χ2v) is 10.8. The lowest BCUT2D eigenvalue weighted by atomic mass is 9.71. The minimum absolute atomic E-state index is 0.218. The molecule has 1 heterocycles. The lowest BCUT2D eigenvalue weighted by Gasteiger charge is -2.32. The third kappa shape index (κ3) is 5.40. The van der Waals surface area contributed by atoms with Crippen LogP contribution in [0.15, 0.2) is 72.8 Å². The second kappa shape index (κ2) is 12.6. The van der Waals surface area contributed by atoms with E-state index in [-0.39, 0.29) is 11.3 Å². The van der Waals surface area contributed by atoms with Gasteiger partial charge in [0.25, 0.3) is 5.91 Å². The van der Waals surface area contributed by atoms with E-state index in [0.29, 0.717) is 6.04 Å². The number of unbranched alkanes of at least 4 members (excludes halogenated alkanes) is 2. The summed E-state index contributed by atoms with van der Waals surface area (Å²) >= 11 is 0. The summed E-state index contributed by atoms with van der Waals surface area (Å²) in [6.07, 6.45) is 11.1. The van der Waals surface area contributed by atoms with Crippen molar-refractivity contribution < 1.29 is 4.79 Å². The van der Waals surface area contributed by atoms with Gasteiger partial charge in [0.05, 0.1) is 0 Å². The molecule has 0 aromatic heterocycles. The fraction of sp³-hybridized carbons (Fsp3) is 0.457. The van der Waals surface area contributed by atoms with Crippen LogP contribution in [0.1, 0.15) is 113 Å². The van der Waals surface area contributed by atoms with Crippen molar-refractivity contribution in [3.63, 3.8) is 0 Å². The van der Waals surface area contributed by atoms with Crippen LogP contribution in [0.4, 0.5) is 0 Å². The van der Waals surface area contributed by atoms with Crippen LogP contribution < -0.4 is 0 Å². The number of carbonyl (C=O) groups excluding carboxylic acids is 1. The van der Waals surface area contributed by atoms with Crippen molar-refractivity contribution in [2.75, 3.05) is 0 Å². The van der Waals surface area contributed by atoms with Gasteiger partial charge in [-0.2, -0.15) is 0 Å². The zero-order valence-electron chi connectivity index (χ0n) is 23.4. The van der Waals surface area contributed by atoms with Gasteiger partial charge in [-0.15, -0.1) is 0 Å². The van der Waals surface area contributed by atoms with Crippen LogP contribution in [0, 0.1) is 0 Å². The minimum atomic E-state index is 0.218. The Morgan fingerprint density at radius 3 is 1.84 bits per heavy atom. The molecule has 0 radical (unpaired) electrons. The maximum absolute atomic E-state index is 12.2. The third-order valence-electron chi connectivity index (χ3n) is 8.44. The topological polar surface area (TPSA) is 20.3 Å². The first-order valence-electron chi connectivity index (χ1n) is 14.7. The second-order valence-electron chi connectivity index (χ2n) is 10.8. The number of carbonyl (C=O) groups is 1. The molecule has 0 fully saturated rings. The summed E-state index contributed by atoms with van der Waals surface area (Å²) in [5.74, 6) is 0.218. The van der Waals surface area contributed by atoms with Gasteiger partial charge in [0, 0.05) is 23.6 Å². The van der Waals surface area contributed by atoms with Crippen molar-refractivity contribution in [2.45, 2.75) is 103 Å². The zero-order valence-corrected chi connectivity index (χ0v) is 23.4. The van der Waals surface area contributed by atoms with Gasteiger partial charge >= 0.3 is 0 Å². The third-order valence-corrected chi connectivity index (χ3v) is 8.44. The van der Waals surface area contributed by atoms with Crippen LogP contribution in [0.5, 0.6) is 0 Å². The van der Waals surface area contributed by atoms with Crippen LogP contribution in [0.2, 0.25) is 0 Å². The van der Waals surface area contributed by atoms with E-state index in [1.165, 1.54) is 55.2 Å². The summed E-state index contributed by atoms with van der Waals surface area (Å²) in [5, 5.41) is 0. The van der Waals surface area contributed by atoms with Crippen LogP contribution in [0.3, 0.4) is 0 Å². The highest BCUT2D eigenvalue weighted by molar-refractivity contribution is 5.98. The van der Waals surface area contributed by atoms with Crippen molar-refractivity contribution in [1.29, 1.82) is 0 Å². The van der Waals surface area contributed by atoms with E-state index in [0.717, 1.165) is 31.4 Å². The monoisotopic (exact) mass is 495 g/mol. The Kier molecular flexibility index (Phi) is 9.24. The summed E-state index contributed by atoms with van der Waals surface area (Å²) < 4.78 is 0. The van der Waals surface area contributed by atoms with E-state index < -0.39 is 0 Å². The zero-order chi connectivity index (χ0) is 26.3. The molecule has 37 heavy (non-hydrogen) atoms. The molecule has 1 atom stereocenters. The molecule has 196 valence electrons. The van der Waals surface area contributed by atoms with E-state index >= 15 is 0 Å². The Balaban J connectivity index is 0.000000180. The molecule has 0 saturated heterocycles. The summed E-state index contributed by atoms with van der Waals surface area (Å²) in [7, 11) is 0. The molecular formula is C35H45NO. The molecule has 3 aromatic rings. The summed E-state index contributed by atoms with van der Waals surface area (Å²) in [6, 6.07) is 26.5. The molecule has 1 unspecified atom stereocenters. The highest BCUT2D eigenvalue weighted by atomic mass is 16.2. The first-order valence-corrected chi connectivity index (χ1v) is 14.7.